The van der Waals surface area contributed by atoms with Gasteiger partial charge < -0.3 is 28.9 Å². The number of halogens is 3. The molecule has 0 aliphatic rings. The molecule has 0 fully saturated rings. The van der Waals surface area contributed by atoms with Crippen molar-refractivity contribution in [3.05, 3.63) is 344 Å². The molecular formula is C94H105Cl3N6O13S3. The Balaban J connectivity index is 0.000000224. The number of methoxy groups -OCH3 is 1. The van der Waals surface area contributed by atoms with Crippen molar-refractivity contribution in [1.82, 2.24) is 28.4 Å². The average Bonchev–Trinajstić information content (AvgIpc) is 0.810. The Bertz CT molecular complexity index is 5280. The number of benzene rings is 10. The molecule has 10 aromatic carbocycles. The molecule has 10 aromatic rings. The fourth-order valence-corrected chi connectivity index (χ4v) is 16.4. The number of hydrogen-bond acceptors (Lipinski definition) is 13. The number of hydrogen-bond donors (Lipinski definition) is 2. The molecule has 0 radical (unpaired) electrons. The molecule has 0 atom stereocenters. The number of amides is 3. The number of unbranched alkanes of at least 4 members (excludes halogenated alkanes) is 2. The van der Waals surface area contributed by atoms with E-state index in [0.717, 1.165) is 82.4 Å². The van der Waals surface area contributed by atoms with E-state index in [4.69, 9.17) is 49.0 Å². The van der Waals surface area contributed by atoms with Gasteiger partial charge in [0.15, 0.2) is 5.78 Å². The van der Waals surface area contributed by atoms with Crippen LogP contribution in [0.2, 0.25) is 15.1 Å². The van der Waals surface area contributed by atoms with Crippen LogP contribution in [-0.2, 0) is 91.4 Å². The Hall–Kier alpha value is -10.2. The van der Waals surface area contributed by atoms with Gasteiger partial charge in [-0.2, -0.15) is 4.31 Å². The fourth-order valence-electron chi connectivity index (χ4n) is 12.6. The van der Waals surface area contributed by atoms with E-state index in [1.165, 1.54) is 25.2 Å². The molecule has 19 nitrogen and oxygen atoms in total. The van der Waals surface area contributed by atoms with E-state index in [1.807, 2.05) is 108 Å². The van der Waals surface area contributed by atoms with Crippen molar-refractivity contribution in [3.63, 3.8) is 0 Å². The molecule has 25 heteroatoms. The molecule has 0 unspecified atom stereocenters. The van der Waals surface area contributed by atoms with Gasteiger partial charge in [0.25, 0.3) is 5.91 Å². The third kappa shape index (κ3) is 29.6. The highest BCUT2D eigenvalue weighted by molar-refractivity contribution is 7.90. The maximum absolute atomic E-state index is 13.5. The van der Waals surface area contributed by atoms with Gasteiger partial charge in [-0.05, 0) is 182 Å². The molecule has 10 rings (SSSR count). The highest BCUT2D eigenvalue weighted by atomic mass is 35.5. The van der Waals surface area contributed by atoms with Gasteiger partial charge in [0.1, 0.15) is 23.9 Å². The van der Waals surface area contributed by atoms with Crippen molar-refractivity contribution in [2.24, 2.45) is 0 Å². The number of carbonyl (C=O) groups is 4. The first-order valence-electron chi connectivity index (χ1n) is 39.5. The molecule has 0 aromatic heterocycles. The summed E-state index contributed by atoms with van der Waals surface area (Å²) in [5, 5.41) is 1.50. The van der Waals surface area contributed by atoms with Crippen LogP contribution >= 0.6 is 34.8 Å². The summed E-state index contributed by atoms with van der Waals surface area (Å²) in [7, 11) is -7.84. The van der Waals surface area contributed by atoms with Gasteiger partial charge in [0, 0.05) is 96.2 Å². The predicted molar refractivity (Wildman–Crippen MR) is 475 cm³/mol. The molecule has 0 heterocycles. The highest BCUT2D eigenvalue weighted by Gasteiger charge is 2.27. The maximum Gasteiger partial charge on any atom is 0.254 e. The molecule has 0 aliphatic carbocycles. The fraction of sp³-hybridized carbons (Fsp3) is 0.277. The minimum absolute atomic E-state index is 0.00399. The maximum atomic E-state index is 13.5. The molecule has 0 saturated heterocycles. The minimum atomic E-state index is -3.71. The molecule has 119 heavy (non-hydrogen) atoms. The molecule has 3 amide bonds. The van der Waals surface area contributed by atoms with Gasteiger partial charge in [-0.3, -0.25) is 19.2 Å². The molecular weight excluding hydrogens is 1620 g/mol. The lowest BCUT2D eigenvalue weighted by molar-refractivity contribution is -0.131. The third-order valence-electron chi connectivity index (χ3n) is 19.3. The van der Waals surface area contributed by atoms with Crippen LogP contribution in [0.15, 0.2) is 283 Å². The van der Waals surface area contributed by atoms with Gasteiger partial charge in [0.05, 0.1) is 46.8 Å². The first kappa shape index (κ1) is 94.2. The van der Waals surface area contributed by atoms with Crippen LogP contribution in [0.5, 0.6) is 17.2 Å². The van der Waals surface area contributed by atoms with E-state index in [0.29, 0.717) is 115 Å². The number of nitrogens with one attached hydrogen (secondary N) is 2. The number of ketones is 1. The van der Waals surface area contributed by atoms with E-state index in [9.17, 15) is 44.4 Å². The second-order valence-electron chi connectivity index (χ2n) is 28.0. The van der Waals surface area contributed by atoms with Crippen LogP contribution in [0, 0.1) is 0 Å². The van der Waals surface area contributed by atoms with Crippen molar-refractivity contribution in [1.29, 1.82) is 0 Å². The van der Waals surface area contributed by atoms with Crippen LogP contribution < -0.4 is 23.7 Å². The minimum Gasteiger partial charge on any atom is -0.497 e. The van der Waals surface area contributed by atoms with Gasteiger partial charge >= 0.3 is 0 Å². The quantitative estimate of drug-likeness (QED) is 0.0268. The number of carbonyl (C=O) groups excluding carboxylic acids is 4. The number of sulfonamides is 3. The van der Waals surface area contributed by atoms with E-state index in [2.05, 4.69) is 43.4 Å². The average molecular weight is 1730 g/mol. The summed E-state index contributed by atoms with van der Waals surface area (Å²) in [5.41, 5.74) is 8.05. The third-order valence-corrected chi connectivity index (χ3v) is 24.7. The molecule has 0 saturated carbocycles. The summed E-state index contributed by atoms with van der Waals surface area (Å²) in [6.45, 7) is 18.0. The standard InChI is InChI=1S/C34H35ClN2O5S.C34H45ClN2O4S.C26H25ClN2O4S/c1-3-21-42-33-18-13-30(35)23-29(33)25-37(34(38)22-27-7-5-4-6-8-27)20-19-26-11-16-32(17-12-26)43(39,40)36-24-28-9-14-31(41-2)15-10-28;1-4-7-21-37(22-8-5-2)42(39,40)32-17-14-28(15-18-32)20-23-36(34(38)25-29-12-10-9-11-13-29)27-30-26-31(35)16-19-33(30)41-24-6-3;1-3-16-29(17-15-19-9-12-22(13-10-19)34(32,33)28-2)26(31)24-18-21(27)11-14-23(24)25(30)20-7-5-4-6-8-20/h3-18,23,36H,1,19-22,24-25H2,2H3;9-19,26H,4-8,20-25,27H2,1-3H3;3-14,18,28H,1,15-17H2,2H3. The summed E-state index contributed by atoms with van der Waals surface area (Å²) >= 11 is 18.8. The van der Waals surface area contributed by atoms with Crippen molar-refractivity contribution in [2.45, 2.75) is 119 Å². The predicted octanol–water partition coefficient (Wildman–Crippen LogP) is 18.1. The van der Waals surface area contributed by atoms with Crippen molar-refractivity contribution >= 4 is 88.4 Å². The summed E-state index contributed by atoms with van der Waals surface area (Å²) < 4.78 is 99.8. The molecule has 628 valence electrons. The lowest BCUT2D eigenvalue weighted by atomic mass is 9.97. The summed E-state index contributed by atoms with van der Waals surface area (Å²) in [6.07, 6.45) is 9.86. The zero-order valence-corrected chi connectivity index (χ0v) is 72.7. The zero-order valence-electron chi connectivity index (χ0n) is 68.0. The van der Waals surface area contributed by atoms with Crippen LogP contribution in [0.1, 0.15) is 124 Å². The smallest absolute Gasteiger partial charge is 0.254 e. The van der Waals surface area contributed by atoms with E-state index in [1.54, 1.807) is 155 Å². The first-order valence-corrected chi connectivity index (χ1v) is 45.1. The SMILES string of the molecule is C=CCN(CCc1ccc(S(=O)(=O)NC)cc1)C(=O)c1cc(Cl)ccc1C(=O)c1ccccc1.C=CCOc1ccc(Cl)cc1CN(CCc1ccc(S(=O)(=O)NCc2ccc(OC)cc2)cc1)C(=O)Cc1ccccc1.CCCCN(CCCC)S(=O)(=O)c1ccc(CCN(Cc2cc(Cl)ccc2OCCC)C(=O)Cc2ccccc2)cc1. The Kier molecular flexibility index (Phi) is 38.1. The molecule has 2 N–H and O–H groups in total. The van der Waals surface area contributed by atoms with Crippen molar-refractivity contribution < 1.29 is 58.6 Å². The molecule has 0 bridgehead atoms. The van der Waals surface area contributed by atoms with Crippen LogP contribution in [-0.4, -0.2) is 134 Å². The summed E-state index contributed by atoms with van der Waals surface area (Å²) in [5.74, 6) is 1.43. The van der Waals surface area contributed by atoms with E-state index < -0.39 is 30.1 Å². The van der Waals surface area contributed by atoms with Crippen molar-refractivity contribution in [2.75, 3.05) is 66.6 Å². The largest absolute Gasteiger partial charge is 0.497 e. The number of rotatable bonds is 43. The normalized spacial score (nSPS) is 11.3. The number of ether oxygens (including phenoxy) is 3. The van der Waals surface area contributed by atoms with Crippen molar-refractivity contribution in [3.8, 4) is 17.2 Å². The summed E-state index contributed by atoms with van der Waals surface area (Å²) in [6, 6.07) is 71.1. The topological polar surface area (TPSA) is 235 Å². The van der Waals surface area contributed by atoms with Gasteiger partial charge in [-0.15, -0.1) is 6.58 Å². The lowest BCUT2D eigenvalue weighted by Crippen LogP contribution is -2.34. The highest BCUT2D eigenvalue weighted by Crippen LogP contribution is 2.30. The van der Waals surface area contributed by atoms with Crippen LogP contribution in [0.3, 0.4) is 0 Å². The van der Waals surface area contributed by atoms with Gasteiger partial charge in [0.2, 0.25) is 41.9 Å². The Morgan fingerprint density at radius 3 is 1.34 bits per heavy atom. The Labute approximate surface area is 717 Å². The van der Waals surface area contributed by atoms with Crippen LogP contribution in [0.4, 0.5) is 0 Å². The second-order valence-corrected chi connectivity index (χ2v) is 34.9. The summed E-state index contributed by atoms with van der Waals surface area (Å²) in [4.78, 5) is 59.5. The lowest BCUT2D eigenvalue weighted by Gasteiger charge is -2.25. The first-order chi connectivity index (χ1) is 57.3. The molecule has 0 aliphatic heterocycles. The van der Waals surface area contributed by atoms with E-state index >= 15 is 0 Å². The second kappa shape index (κ2) is 48.1. The number of nitrogens with zero attached hydrogens (tertiary/aromatic N) is 4. The van der Waals surface area contributed by atoms with Gasteiger partial charge in [-0.25, -0.2) is 34.7 Å². The van der Waals surface area contributed by atoms with Gasteiger partial charge in [-0.1, -0.05) is 227 Å². The monoisotopic (exact) mass is 1730 g/mol. The Morgan fingerprint density at radius 1 is 0.445 bits per heavy atom. The zero-order chi connectivity index (χ0) is 85.7. The molecule has 0 spiro atoms. The van der Waals surface area contributed by atoms with Crippen LogP contribution in [0.25, 0.3) is 0 Å². The van der Waals surface area contributed by atoms with E-state index in [-0.39, 0.29) is 70.4 Å². The Morgan fingerprint density at radius 2 is 0.882 bits per heavy atom.